The zero-order valence-electron chi connectivity index (χ0n) is 28.8. The Kier molecular flexibility index (Phi) is 18.5. The number of benzene rings is 6. The van der Waals surface area contributed by atoms with E-state index in [2.05, 4.69) is 172 Å². The molecule has 0 aliphatic heterocycles. The molecule has 0 saturated carbocycles. The Morgan fingerprint density at radius 2 is 0.593 bits per heavy atom. The average molecular weight is 895 g/mol. The van der Waals surface area contributed by atoms with Crippen LogP contribution >= 0.6 is 0 Å². The van der Waals surface area contributed by atoms with E-state index in [0.717, 1.165) is 0 Å². The number of rotatable bonds is 8. The van der Waals surface area contributed by atoms with E-state index in [0.29, 0.717) is 19.6 Å². The summed E-state index contributed by atoms with van der Waals surface area (Å²) < 4.78 is 6.58. The van der Waals surface area contributed by atoms with Gasteiger partial charge in [-0.2, -0.15) is 10.5 Å². The van der Waals surface area contributed by atoms with Crippen molar-refractivity contribution in [3.63, 3.8) is 0 Å². The molecule has 0 aliphatic rings. The number of carbonyl (C=O) groups excluding carboxylic acids is 2. The summed E-state index contributed by atoms with van der Waals surface area (Å²) in [4.78, 5) is 23.3. The molecular formula is C44H39AsCuN2O2S4+6. The Balaban J connectivity index is 0.000000233. The maximum absolute atomic E-state index is 11.7. The van der Waals surface area contributed by atoms with Gasteiger partial charge in [0.2, 0.25) is 22.7 Å². The van der Waals surface area contributed by atoms with E-state index in [-0.39, 0.29) is 39.8 Å². The van der Waals surface area contributed by atoms with Crippen molar-refractivity contribution in [2.45, 2.75) is 0 Å². The second-order valence-corrected chi connectivity index (χ2v) is 22.3. The summed E-state index contributed by atoms with van der Waals surface area (Å²) in [6.45, 7) is 0. The fraction of sp³-hybridized carbons (Fsp3) is 0. The molecule has 0 atom stereocenters. The average Bonchev–Trinajstić information content (AvgIpc) is 3.21. The molecule has 0 aliphatic carbocycles. The molecule has 0 amide bonds. The van der Waals surface area contributed by atoms with Crippen LogP contribution in [0.2, 0.25) is 0 Å². The fourth-order valence-corrected chi connectivity index (χ4v) is 16.3. The maximum atomic E-state index is 11.7. The van der Waals surface area contributed by atoms with E-state index in [1.165, 1.54) is 17.4 Å². The first kappa shape index (κ1) is 44.0. The molecule has 0 heterocycles. The third-order valence-corrected chi connectivity index (χ3v) is 19.1. The van der Waals surface area contributed by atoms with Crippen molar-refractivity contribution in [3.8, 4) is 12.1 Å². The van der Waals surface area contributed by atoms with Crippen LogP contribution in [-0.2, 0) is 67.6 Å². The Morgan fingerprint density at radius 1 is 0.389 bits per heavy atom. The van der Waals surface area contributed by atoms with Crippen molar-refractivity contribution < 1.29 is 26.7 Å². The molecule has 0 unspecified atom stereocenters. The van der Waals surface area contributed by atoms with Crippen LogP contribution < -0.4 is 17.4 Å². The van der Waals surface area contributed by atoms with E-state index >= 15 is 0 Å². The minimum atomic E-state index is -2.99. The Hall–Kier alpha value is -4.40. The van der Waals surface area contributed by atoms with Crippen LogP contribution in [-0.4, -0.2) is 25.1 Å². The van der Waals surface area contributed by atoms with Crippen LogP contribution in [0.5, 0.6) is 0 Å². The topological polar surface area (TPSA) is 81.7 Å². The monoisotopic (exact) mass is 893 g/mol. The molecule has 4 nitrogen and oxygen atoms in total. The molecule has 0 fully saturated rings. The van der Waals surface area contributed by atoms with Gasteiger partial charge < -0.3 is 0 Å². The van der Waals surface area contributed by atoms with Gasteiger partial charge in [0.15, 0.2) is 0 Å². The third kappa shape index (κ3) is 11.3. The van der Waals surface area contributed by atoms with Crippen molar-refractivity contribution in [1.29, 1.82) is 10.5 Å². The molecule has 0 spiro atoms. The van der Waals surface area contributed by atoms with E-state index in [1.54, 1.807) is 48.5 Å². The van der Waals surface area contributed by atoms with Gasteiger partial charge in [0.05, 0.1) is 0 Å². The van der Waals surface area contributed by atoms with Crippen molar-refractivity contribution >= 4 is 93.0 Å². The van der Waals surface area contributed by atoms with Gasteiger partial charge in [-0.3, -0.25) is 9.59 Å². The Labute approximate surface area is 352 Å². The normalized spacial score (nSPS) is 10.1. The van der Waals surface area contributed by atoms with Crippen molar-refractivity contribution in [2.24, 2.45) is 0 Å². The number of Topliss-reactive ketones (excluding diaryl/α,β-unsaturated/α-hetero) is 2. The van der Waals surface area contributed by atoms with Gasteiger partial charge in [0.25, 0.3) is 0 Å². The van der Waals surface area contributed by atoms with Gasteiger partial charge in [-0.1, -0.05) is 60.7 Å². The van der Waals surface area contributed by atoms with Gasteiger partial charge in [-0.05, 0) is 0 Å². The number of allylic oxidation sites excluding steroid dienone is 2. The molecule has 0 saturated heterocycles. The number of carbonyl (C=O) groups is 2. The molecule has 6 aromatic carbocycles. The first-order chi connectivity index (χ1) is 25.7. The summed E-state index contributed by atoms with van der Waals surface area (Å²) >= 11 is 9.41. The third-order valence-electron chi connectivity index (χ3n) is 8.08. The van der Waals surface area contributed by atoms with Crippen molar-refractivity contribution in [2.75, 3.05) is 0 Å². The van der Waals surface area contributed by atoms with E-state index < -0.39 is 13.6 Å². The molecule has 1 radical (unpaired) electrons. The van der Waals surface area contributed by atoms with Crippen LogP contribution in [0.4, 0.5) is 0 Å². The summed E-state index contributed by atoms with van der Waals surface area (Å²) in [6, 6.07) is 65.3. The molecule has 10 heteroatoms. The van der Waals surface area contributed by atoms with Crippen LogP contribution in [0.15, 0.2) is 202 Å². The van der Waals surface area contributed by atoms with E-state index in [4.69, 9.17) is 10.5 Å². The SMILES string of the molecule is N#CC(C(=O)c1ccccc1)=C([SH2+])[SH2+].N#CC(C(=O)c1ccccc1)=C([SH2+])[SH2+].[Cu+2].c1ccc([AsH](c2ccccc2)(c2ccccc2)c2ccccc2)cc1. The second kappa shape index (κ2) is 22.7. The Bertz CT molecular complexity index is 2010. The number of ketones is 2. The van der Waals surface area contributed by atoms with Crippen molar-refractivity contribution in [3.05, 3.63) is 213 Å². The van der Waals surface area contributed by atoms with Crippen LogP contribution in [0, 0.1) is 22.7 Å². The van der Waals surface area contributed by atoms with Gasteiger partial charge in [0.1, 0.15) is 12.1 Å². The number of hydrogen-bond acceptors (Lipinski definition) is 4. The number of nitriles is 2. The summed E-state index contributed by atoms with van der Waals surface area (Å²) in [5.74, 6) is -0.596. The molecular weight excluding hydrogens is 855 g/mol. The fourth-order valence-electron chi connectivity index (χ4n) is 5.66. The number of hydrogen-bond donors (Lipinski definition) is 0. The zero-order chi connectivity index (χ0) is 38.1. The predicted molar refractivity (Wildman–Crippen MR) is 239 cm³/mol. The summed E-state index contributed by atoms with van der Waals surface area (Å²) in [7, 11) is 0. The summed E-state index contributed by atoms with van der Waals surface area (Å²) in [5.41, 5.74) is 1.12. The second-order valence-electron chi connectivity index (χ2n) is 11.3. The van der Waals surface area contributed by atoms with Gasteiger partial charge >= 0.3 is 178 Å². The van der Waals surface area contributed by atoms with Crippen LogP contribution in [0.3, 0.4) is 0 Å². The Morgan fingerprint density at radius 3 is 0.778 bits per heavy atom. The van der Waals surface area contributed by atoms with Crippen LogP contribution in [0.1, 0.15) is 20.7 Å². The van der Waals surface area contributed by atoms with Crippen molar-refractivity contribution in [1.82, 2.24) is 0 Å². The van der Waals surface area contributed by atoms with E-state index in [9.17, 15) is 9.59 Å². The molecule has 271 valence electrons. The van der Waals surface area contributed by atoms with Gasteiger partial charge in [-0.15, -0.1) is 0 Å². The van der Waals surface area contributed by atoms with E-state index in [1.807, 2.05) is 24.3 Å². The summed E-state index contributed by atoms with van der Waals surface area (Å²) in [5, 5.41) is 17.5. The quantitative estimate of drug-likeness (QED) is 0.0761. The van der Waals surface area contributed by atoms with Gasteiger partial charge in [-0.25, -0.2) is 0 Å². The zero-order valence-corrected chi connectivity index (χ0v) is 35.9. The molecule has 6 rings (SSSR count). The molecule has 0 N–H and O–H groups in total. The first-order valence-corrected chi connectivity index (χ1v) is 22.5. The molecule has 6 aromatic rings. The molecule has 0 bridgehead atoms. The molecule has 54 heavy (non-hydrogen) atoms. The molecule has 0 aromatic heterocycles. The van der Waals surface area contributed by atoms with Crippen LogP contribution in [0.25, 0.3) is 0 Å². The first-order valence-electron chi connectivity index (χ1n) is 16.3. The minimum absolute atomic E-state index is 0. The summed E-state index contributed by atoms with van der Waals surface area (Å²) in [6.07, 6.45) is 0. The predicted octanol–water partition coefficient (Wildman–Crippen LogP) is 4.05. The standard InChI is InChI=1S/C24H21As.2C10H7NOS2.Cu/c1-5-13-21(14-6-1)25(22-15-7-2-8-16-22,23-17-9-3-10-18-23)24-19-11-4-12-20-24;2*11-6-8(10(13)14)9(12)7-4-2-1-3-5-7;/h1-20,25H;2*1-5,13-14H;/q;;;+2/p+4. The van der Waals surface area contributed by atoms with Gasteiger partial charge in [0, 0.05) is 61.6 Å². The number of nitrogens with zero attached hydrogens (tertiary/aromatic N) is 2.